The van der Waals surface area contributed by atoms with Crippen LogP contribution >= 0.6 is 0 Å². The van der Waals surface area contributed by atoms with Crippen LogP contribution in [0.15, 0.2) is 42.5 Å². The molecule has 0 atom stereocenters. The van der Waals surface area contributed by atoms with Crippen LogP contribution in [0.4, 0.5) is 5.69 Å². The van der Waals surface area contributed by atoms with Crippen LogP contribution in [0.3, 0.4) is 0 Å². The molecule has 2 rings (SSSR count). The minimum atomic E-state index is 0.0175. The highest BCUT2D eigenvalue weighted by molar-refractivity contribution is 6.04. The molecule has 2 aromatic rings. The summed E-state index contributed by atoms with van der Waals surface area (Å²) in [5.41, 5.74) is 1.01. The minimum Gasteiger partial charge on any atom is -0.312 e. The van der Waals surface area contributed by atoms with E-state index in [1.807, 2.05) is 49.9 Å². The number of anilines is 1. The Kier molecular flexibility index (Phi) is 3.66. The van der Waals surface area contributed by atoms with Gasteiger partial charge in [0.15, 0.2) is 0 Å². The van der Waals surface area contributed by atoms with Crippen molar-refractivity contribution >= 4 is 22.4 Å². The third-order valence-corrected chi connectivity index (χ3v) is 3.13. The number of hydrogen-bond donors (Lipinski definition) is 0. The molecule has 0 bridgehead atoms. The zero-order valence-electron chi connectivity index (χ0n) is 11.2. The number of hydrogen-bond acceptors (Lipinski definition) is 1. The molecule has 0 N–H and O–H groups in total. The van der Waals surface area contributed by atoms with Crippen molar-refractivity contribution in [1.82, 2.24) is 0 Å². The molecule has 2 nitrogen and oxygen atoms in total. The van der Waals surface area contributed by atoms with Gasteiger partial charge in [-0.3, -0.25) is 4.79 Å². The molecule has 1 amide bonds. The van der Waals surface area contributed by atoms with E-state index in [9.17, 15) is 4.79 Å². The molecule has 0 radical (unpaired) electrons. The molecule has 0 aliphatic rings. The summed E-state index contributed by atoms with van der Waals surface area (Å²) in [6.45, 7) is 6.60. The summed E-state index contributed by atoms with van der Waals surface area (Å²) in [5.74, 6) is 0.192. The average molecular weight is 241 g/mol. The highest BCUT2D eigenvalue weighted by atomic mass is 16.2. The third-order valence-electron chi connectivity index (χ3n) is 3.13. The molecule has 0 fully saturated rings. The summed E-state index contributed by atoms with van der Waals surface area (Å²) >= 11 is 0. The first-order chi connectivity index (χ1) is 8.65. The summed E-state index contributed by atoms with van der Waals surface area (Å²) in [4.78, 5) is 14.1. The van der Waals surface area contributed by atoms with Crippen LogP contribution in [0.5, 0.6) is 0 Å². The van der Waals surface area contributed by atoms with Gasteiger partial charge >= 0.3 is 0 Å². The molecule has 0 aliphatic carbocycles. The van der Waals surface area contributed by atoms with Crippen LogP contribution in [0.25, 0.3) is 10.8 Å². The topological polar surface area (TPSA) is 20.3 Å². The lowest BCUT2D eigenvalue weighted by molar-refractivity contribution is -0.121. The zero-order chi connectivity index (χ0) is 13.1. The highest BCUT2D eigenvalue weighted by Gasteiger charge is 2.18. The maximum Gasteiger partial charge on any atom is 0.229 e. The molecule has 0 aromatic heterocycles. The normalized spacial score (nSPS) is 10.9. The van der Waals surface area contributed by atoms with Crippen molar-refractivity contribution in [3.8, 4) is 0 Å². The molecule has 0 saturated heterocycles. The van der Waals surface area contributed by atoms with Gasteiger partial charge in [0.1, 0.15) is 0 Å². The van der Waals surface area contributed by atoms with E-state index in [-0.39, 0.29) is 11.8 Å². The quantitative estimate of drug-likeness (QED) is 0.799. The minimum absolute atomic E-state index is 0.0175. The van der Waals surface area contributed by atoms with E-state index in [0.29, 0.717) is 6.54 Å². The second kappa shape index (κ2) is 5.21. The monoisotopic (exact) mass is 241 g/mol. The van der Waals surface area contributed by atoms with E-state index in [1.165, 1.54) is 5.39 Å². The number of carbonyl (C=O) groups excluding carboxylic acids is 1. The summed E-state index contributed by atoms with van der Waals surface area (Å²) < 4.78 is 0. The second-order valence-electron chi connectivity index (χ2n) is 4.74. The van der Waals surface area contributed by atoms with E-state index in [0.717, 1.165) is 11.1 Å². The smallest absolute Gasteiger partial charge is 0.229 e. The van der Waals surface area contributed by atoms with E-state index < -0.39 is 0 Å². The first-order valence-electron chi connectivity index (χ1n) is 6.44. The molecule has 2 aromatic carbocycles. The van der Waals surface area contributed by atoms with Gasteiger partial charge in [0.25, 0.3) is 0 Å². The Bertz CT molecular complexity index is 555. The number of amides is 1. The SMILES string of the molecule is CCN(C(=O)C(C)C)c1cccc2ccccc12. The molecular formula is C16H19NO. The Morgan fingerprint density at radius 1 is 1.11 bits per heavy atom. The summed E-state index contributed by atoms with van der Waals surface area (Å²) in [7, 11) is 0. The van der Waals surface area contributed by atoms with Crippen LogP contribution in [0.2, 0.25) is 0 Å². The Balaban J connectivity index is 2.55. The first-order valence-corrected chi connectivity index (χ1v) is 6.44. The van der Waals surface area contributed by atoms with Gasteiger partial charge in [-0.25, -0.2) is 0 Å². The average Bonchev–Trinajstić information content (AvgIpc) is 2.39. The van der Waals surface area contributed by atoms with Gasteiger partial charge in [0, 0.05) is 17.8 Å². The lowest BCUT2D eigenvalue weighted by Crippen LogP contribution is -2.34. The van der Waals surface area contributed by atoms with Crippen molar-refractivity contribution in [2.45, 2.75) is 20.8 Å². The van der Waals surface area contributed by atoms with Crippen molar-refractivity contribution in [3.63, 3.8) is 0 Å². The van der Waals surface area contributed by atoms with Crippen LogP contribution in [-0.4, -0.2) is 12.5 Å². The first kappa shape index (κ1) is 12.6. The van der Waals surface area contributed by atoms with Crippen LogP contribution in [0.1, 0.15) is 20.8 Å². The highest BCUT2D eigenvalue weighted by Crippen LogP contribution is 2.27. The van der Waals surface area contributed by atoms with Crippen molar-refractivity contribution in [3.05, 3.63) is 42.5 Å². The summed E-state index contributed by atoms with van der Waals surface area (Å²) in [6, 6.07) is 14.3. The Morgan fingerprint density at radius 3 is 2.44 bits per heavy atom. The predicted octanol–water partition coefficient (Wildman–Crippen LogP) is 3.85. The summed E-state index contributed by atoms with van der Waals surface area (Å²) in [5, 5.41) is 2.31. The van der Waals surface area contributed by atoms with Gasteiger partial charge in [-0.2, -0.15) is 0 Å². The van der Waals surface area contributed by atoms with E-state index >= 15 is 0 Å². The lowest BCUT2D eigenvalue weighted by atomic mass is 10.1. The fourth-order valence-electron chi connectivity index (χ4n) is 2.20. The molecule has 0 aliphatic heterocycles. The van der Waals surface area contributed by atoms with Crippen molar-refractivity contribution in [2.75, 3.05) is 11.4 Å². The largest absolute Gasteiger partial charge is 0.312 e. The number of fused-ring (bicyclic) bond motifs is 1. The number of carbonyl (C=O) groups is 1. The zero-order valence-corrected chi connectivity index (χ0v) is 11.2. The van der Waals surface area contributed by atoms with Crippen LogP contribution in [-0.2, 0) is 4.79 Å². The van der Waals surface area contributed by atoms with Gasteiger partial charge in [-0.1, -0.05) is 50.2 Å². The van der Waals surface area contributed by atoms with E-state index in [4.69, 9.17) is 0 Å². The van der Waals surface area contributed by atoms with E-state index in [2.05, 4.69) is 18.2 Å². The fourth-order valence-corrected chi connectivity index (χ4v) is 2.20. The molecule has 0 unspecified atom stereocenters. The Hall–Kier alpha value is -1.83. The molecule has 94 valence electrons. The third kappa shape index (κ3) is 2.23. The van der Waals surface area contributed by atoms with E-state index in [1.54, 1.807) is 0 Å². The molecule has 0 saturated carbocycles. The van der Waals surface area contributed by atoms with Crippen LogP contribution < -0.4 is 4.90 Å². The molecule has 0 heterocycles. The Morgan fingerprint density at radius 2 is 1.78 bits per heavy atom. The van der Waals surface area contributed by atoms with Crippen molar-refractivity contribution in [2.24, 2.45) is 5.92 Å². The number of rotatable bonds is 3. The molecule has 2 heteroatoms. The number of benzene rings is 2. The molecule has 18 heavy (non-hydrogen) atoms. The predicted molar refractivity (Wildman–Crippen MR) is 76.8 cm³/mol. The van der Waals surface area contributed by atoms with Crippen molar-refractivity contribution in [1.29, 1.82) is 0 Å². The summed E-state index contributed by atoms with van der Waals surface area (Å²) in [6.07, 6.45) is 0. The maximum absolute atomic E-state index is 12.2. The van der Waals surface area contributed by atoms with Crippen molar-refractivity contribution < 1.29 is 4.79 Å². The molecule has 0 spiro atoms. The van der Waals surface area contributed by atoms with Gasteiger partial charge in [0.05, 0.1) is 5.69 Å². The van der Waals surface area contributed by atoms with Gasteiger partial charge in [-0.15, -0.1) is 0 Å². The lowest BCUT2D eigenvalue weighted by Gasteiger charge is -2.24. The van der Waals surface area contributed by atoms with Gasteiger partial charge in [0.2, 0.25) is 5.91 Å². The Labute approximate surface area is 108 Å². The van der Waals surface area contributed by atoms with Gasteiger partial charge < -0.3 is 4.90 Å². The standard InChI is InChI=1S/C16H19NO/c1-4-17(16(18)12(2)3)15-11-7-9-13-8-5-6-10-14(13)15/h5-12H,4H2,1-3H3. The second-order valence-corrected chi connectivity index (χ2v) is 4.74. The molecular weight excluding hydrogens is 222 g/mol. The maximum atomic E-state index is 12.2. The van der Waals surface area contributed by atoms with Gasteiger partial charge in [-0.05, 0) is 18.4 Å². The van der Waals surface area contributed by atoms with Crippen LogP contribution in [0, 0.1) is 5.92 Å². The fraction of sp³-hybridized carbons (Fsp3) is 0.312. The number of nitrogens with zero attached hydrogens (tertiary/aromatic N) is 1.